The monoisotopic (exact) mass is 825 g/mol. The Kier molecular flexibility index (Phi) is 8.87. The molecular formula is C57H35N3S2. The highest BCUT2D eigenvalue weighted by Crippen LogP contribution is 2.44. The first-order chi connectivity index (χ1) is 30.7. The molecule has 12 rings (SSSR count). The molecule has 0 radical (unpaired) electrons. The topological polar surface area (TPSA) is 38.7 Å². The normalized spacial score (nSPS) is 11.5. The van der Waals surface area contributed by atoms with E-state index in [9.17, 15) is 0 Å². The Morgan fingerprint density at radius 2 is 0.726 bits per heavy atom. The van der Waals surface area contributed by atoms with Crippen molar-refractivity contribution in [1.82, 2.24) is 15.0 Å². The molecule has 3 nitrogen and oxygen atoms in total. The van der Waals surface area contributed by atoms with E-state index in [1.807, 2.05) is 29.5 Å². The summed E-state index contributed by atoms with van der Waals surface area (Å²) in [5.41, 5.74) is 12.5. The van der Waals surface area contributed by atoms with Gasteiger partial charge in [-0.15, -0.1) is 22.7 Å². The van der Waals surface area contributed by atoms with Gasteiger partial charge in [-0.3, -0.25) is 0 Å². The second kappa shape index (κ2) is 15.2. The van der Waals surface area contributed by atoms with E-state index in [4.69, 9.17) is 15.0 Å². The SMILES string of the molecule is c1ccc(-c2nc(-c3ccc(-c4cccc5c4sc4ccccc45)cc3)nc(-c3cccc4sc5ccc(-c6ccccc6-c6ccccc6-c6ccccc6)cc5c34)n2)cc1. The molecule has 9 aromatic carbocycles. The summed E-state index contributed by atoms with van der Waals surface area (Å²) in [6, 6.07) is 75.7. The van der Waals surface area contributed by atoms with Crippen LogP contribution in [0.2, 0.25) is 0 Å². The standard InChI is InChI=1S/C57H35N3S2/c1-3-15-36(16-4-1)41-19-7-9-21-44(41)45-22-10-8-20-42(45)40-33-34-51-49(35-40)53-48(26-14-28-52(53)61-51)57-59-55(38-17-5-2-6-18-38)58-56(60-57)39-31-29-37(30-32-39)43-24-13-25-47-46-23-11-12-27-50(46)62-54(43)47/h1-35H. The van der Waals surface area contributed by atoms with Crippen LogP contribution in [0.4, 0.5) is 0 Å². The molecule has 0 unspecified atom stereocenters. The van der Waals surface area contributed by atoms with E-state index in [1.54, 1.807) is 11.3 Å². The minimum absolute atomic E-state index is 0.642. The number of rotatable bonds is 7. The van der Waals surface area contributed by atoms with E-state index in [1.165, 1.54) is 79.5 Å². The van der Waals surface area contributed by atoms with Gasteiger partial charge in [0, 0.05) is 57.0 Å². The lowest BCUT2D eigenvalue weighted by Gasteiger charge is -2.15. The zero-order chi connectivity index (χ0) is 41.0. The summed E-state index contributed by atoms with van der Waals surface area (Å²) in [6.45, 7) is 0. The van der Waals surface area contributed by atoms with Gasteiger partial charge in [0.2, 0.25) is 0 Å². The summed E-state index contributed by atoms with van der Waals surface area (Å²) in [5.74, 6) is 1.94. The Bertz CT molecular complexity index is 3630. The van der Waals surface area contributed by atoms with Gasteiger partial charge in [-0.2, -0.15) is 0 Å². The second-order valence-corrected chi connectivity index (χ2v) is 17.6. The molecule has 62 heavy (non-hydrogen) atoms. The molecule has 0 amide bonds. The molecule has 290 valence electrons. The average molecular weight is 826 g/mol. The van der Waals surface area contributed by atoms with Gasteiger partial charge in [0.1, 0.15) is 0 Å². The Balaban J connectivity index is 0.991. The van der Waals surface area contributed by atoms with Crippen LogP contribution >= 0.6 is 22.7 Å². The average Bonchev–Trinajstić information content (AvgIpc) is 3.93. The van der Waals surface area contributed by atoms with E-state index in [0.717, 1.165) is 22.1 Å². The summed E-state index contributed by atoms with van der Waals surface area (Å²) in [4.78, 5) is 15.6. The van der Waals surface area contributed by atoms with Crippen LogP contribution in [0.25, 0.3) is 119 Å². The van der Waals surface area contributed by atoms with Crippen LogP contribution in [0.1, 0.15) is 0 Å². The first kappa shape index (κ1) is 36.3. The lowest BCUT2D eigenvalue weighted by Crippen LogP contribution is -2.00. The first-order valence-electron chi connectivity index (χ1n) is 20.8. The largest absolute Gasteiger partial charge is 0.208 e. The maximum atomic E-state index is 5.27. The van der Waals surface area contributed by atoms with Crippen molar-refractivity contribution in [3.05, 3.63) is 212 Å². The quantitative estimate of drug-likeness (QED) is 0.161. The summed E-state index contributed by atoms with van der Waals surface area (Å²) in [5, 5.41) is 4.93. The van der Waals surface area contributed by atoms with Gasteiger partial charge in [0.05, 0.1) is 0 Å². The minimum Gasteiger partial charge on any atom is -0.208 e. The summed E-state index contributed by atoms with van der Waals surface area (Å²) < 4.78 is 5.02. The molecule has 0 bridgehead atoms. The van der Waals surface area contributed by atoms with Crippen LogP contribution in [-0.2, 0) is 0 Å². The van der Waals surface area contributed by atoms with Gasteiger partial charge >= 0.3 is 0 Å². The lowest BCUT2D eigenvalue weighted by molar-refractivity contribution is 1.08. The molecule has 0 saturated carbocycles. The van der Waals surface area contributed by atoms with Crippen molar-refractivity contribution < 1.29 is 0 Å². The second-order valence-electron chi connectivity index (χ2n) is 15.5. The number of nitrogens with zero attached hydrogens (tertiary/aromatic N) is 3. The van der Waals surface area contributed by atoms with Crippen molar-refractivity contribution in [3.63, 3.8) is 0 Å². The van der Waals surface area contributed by atoms with Crippen LogP contribution in [0.15, 0.2) is 212 Å². The molecule has 0 fully saturated rings. The maximum Gasteiger partial charge on any atom is 0.164 e. The highest BCUT2D eigenvalue weighted by Gasteiger charge is 2.19. The fraction of sp³-hybridized carbons (Fsp3) is 0. The van der Waals surface area contributed by atoms with Gasteiger partial charge in [-0.05, 0) is 68.8 Å². The minimum atomic E-state index is 0.642. The number of benzene rings is 9. The van der Waals surface area contributed by atoms with Crippen LogP contribution in [0.3, 0.4) is 0 Å². The third-order valence-corrected chi connectivity index (χ3v) is 14.2. The predicted molar refractivity (Wildman–Crippen MR) is 264 cm³/mol. The third-order valence-electron chi connectivity index (χ3n) is 11.8. The van der Waals surface area contributed by atoms with E-state index < -0.39 is 0 Å². The van der Waals surface area contributed by atoms with Crippen molar-refractivity contribution in [3.8, 4) is 78.7 Å². The zero-order valence-electron chi connectivity index (χ0n) is 33.4. The fourth-order valence-corrected chi connectivity index (χ4v) is 11.2. The van der Waals surface area contributed by atoms with E-state index in [-0.39, 0.29) is 0 Å². The van der Waals surface area contributed by atoms with Gasteiger partial charge < -0.3 is 0 Å². The van der Waals surface area contributed by atoms with Crippen molar-refractivity contribution in [2.75, 3.05) is 0 Å². The Labute approximate surface area is 366 Å². The molecule has 0 aliphatic rings. The third kappa shape index (κ3) is 6.29. The van der Waals surface area contributed by atoms with Crippen molar-refractivity contribution in [2.45, 2.75) is 0 Å². The Hall–Kier alpha value is -7.57. The number of hydrogen-bond acceptors (Lipinski definition) is 5. The summed E-state index contributed by atoms with van der Waals surface area (Å²) in [6.07, 6.45) is 0. The van der Waals surface area contributed by atoms with Gasteiger partial charge in [-0.25, -0.2) is 15.0 Å². The summed E-state index contributed by atoms with van der Waals surface area (Å²) >= 11 is 3.66. The molecule has 0 aliphatic carbocycles. The first-order valence-corrected chi connectivity index (χ1v) is 22.4. The van der Waals surface area contributed by atoms with Crippen LogP contribution in [0, 0.1) is 0 Å². The van der Waals surface area contributed by atoms with Crippen molar-refractivity contribution in [2.24, 2.45) is 0 Å². The van der Waals surface area contributed by atoms with Gasteiger partial charge in [0.25, 0.3) is 0 Å². The fourth-order valence-electron chi connectivity index (χ4n) is 8.85. The highest BCUT2D eigenvalue weighted by atomic mass is 32.1. The molecule has 12 aromatic rings. The highest BCUT2D eigenvalue weighted by molar-refractivity contribution is 7.26. The number of hydrogen-bond donors (Lipinski definition) is 0. The number of aromatic nitrogens is 3. The van der Waals surface area contributed by atoms with E-state index >= 15 is 0 Å². The van der Waals surface area contributed by atoms with Crippen LogP contribution < -0.4 is 0 Å². The van der Waals surface area contributed by atoms with E-state index in [0.29, 0.717) is 17.5 Å². The van der Waals surface area contributed by atoms with Gasteiger partial charge in [-0.1, -0.05) is 188 Å². The Morgan fingerprint density at radius 3 is 1.47 bits per heavy atom. The van der Waals surface area contributed by atoms with Crippen LogP contribution in [0.5, 0.6) is 0 Å². The molecule has 0 N–H and O–H groups in total. The van der Waals surface area contributed by atoms with Crippen LogP contribution in [-0.4, -0.2) is 15.0 Å². The molecule has 0 spiro atoms. The molecule has 0 saturated heterocycles. The van der Waals surface area contributed by atoms with E-state index in [2.05, 4.69) is 194 Å². The van der Waals surface area contributed by atoms with Crippen molar-refractivity contribution >= 4 is 63.0 Å². The molecule has 3 aromatic heterocycles. The Morgan fingerprint density at radius 1 is 0.258 bits per heavy atom. The molecule has 5 heteroatoms. The smallest absolute Gasteiger partial charge is 0.164 e. The molecule has 3 heterocycles. The number of thiophene rings is 2. The lowest BCUT2D eigenvalue weighted by atomic mass is 9.89. The number of fused-ring (bicyclic) bond motifs is 6. The molecular weight excluding hydrogens is 791 g/mol. The predicted octanol–water partition coefficient (Wildman–Crippen LogP) is 16.3. The van der Waals surface area contributed by atoms with Crippen molar-refractivity contribution in [1.29, 1.82) is 0 Å². The maximum absolute atomic E-state index is 5.27. The summed E-state index contributed by atoms with van der Waals surface area (Å²) in [7, 11) is 0. The molecule has 0 atom stereocenters. The zero-order valence-corrected chi connectivity index (χ0v) is 35.0. The van der Waals surface area contributed by atoms with Gasteiger partial charge in [0.15, 0.2) is 17.5 Å². The molecule has 0 aliphatic heterocycles.